The minimum absolute atomic E-state index is 0.789. The van der Waals surface area contributed by atoms with Gasteiger partial charge in [-0.25, -0.2) is 4.98 Å². The summed E-state index contributed by atoms with van der Waals surface area (Å²) in [4.78, 5) is 9.67. The summed E-state index contributed by atoms with van der Waals surface area (Å²) in [6.07, 6.45) is 3.47. The largest absolute Gasteiger partial charge is 0.496 e. The average molecular weight is 261 g/mol. The molecule has 0 aliphatic rings. The van der Waals surface area contributed by atoms with Gasteiger partial charge in [-0.2, -0.15) is 0 Å². The lowest BCUT2D eigenvalue weighted by molar-refractivity contribution is 0.405. The predicted octanol–water partition coefficient (Wildman–Crippen LogP) is 3.07. The average Bonchev–Trinajstić information content (AvgIpc) is 2.40. The molecule has 1 heterocycles. The number of hydrogen-bond acceptors (Lipinski definition) is 5. The minimum atomic E-state index is 0.789. The zero-order valence-corrected chi connectivity index (χ0v) is 11.2. The van der Waals surface area contributed by atoms with Gasteiger partial charge in [-0.1, -0.05) is 23.9 Å². The molecule has 2 aromatic rings. The van der Waals surface area contributed by atoms with Crippen LogP contribution in [0.3, 0.4) is 0 Å². The van der Waals surface area contributed by atoms with Crippen LogP contribution in [-0.4, -0.2) is 23.6 Å². The Hall–Kier alpha value is -1.75. The van der Waals surface area contributed by atoms with Crippen LogP contribution in [0.1, 0.15) is 6.92 Å². The Kier molecular flexibility index (Phi) is 4.41. The Balaban J connectivity index is 2.20. The van der Waals surface area contributed by atoms with Gasteiger partial charge in [0.15, 0.2) is 0 Å². The third kappa shape index (κ3) is 3.13. The summed E-state index contributed by atoms with van der Waals surface area (Å²) < 4.78 is 5.31. The van der Waals surface area contributed by atoms with E-state index in [-0.39, 0.29) is 0 Å². The molecular weight excluding hydrogens is 246 g/mol. The topological polar surface area (TPSA) is 47.0 Å². The van der Waals surface area contributed by atoms with Crippen molar-refractivity contribution in [2.45, 2.75) is 16.8 Å². The van der Waals surface area contributed by atoms with Crippen molar-refractivity contribution in [1.82, 2.24) is 9.97 Å². The number of para-hydroxylation sites is 1. The van der Waals surface area contributed by atoms with Crippen LogP contribution < -0.4 is 10.1 Å². The number of aromatic nitrogens is 2. The molecule has 0 amide bonds. The molecule has 0 spiro atoms. The highest BCUT2D eigenvalue weighted by atomic mass is 32.2. The van der Waals surface area contributed by atoms with Gasteiger partial charge in [0.2, 0.25) is 0 Å². The first-order valence-corrected chi connectivity index (χ1v) is 6.52. The molecule has 4 nitrogen and oxygen atoms in total. The normalized spacial score (nSPS) is 10.1. The molecule has 0 aliphatic carbocycles. The first-order valence-electron chi connectivity index (χ1n) is 5.70. The fraction of sp³-hybridized carbons (Fsp3) is 0.231. The summed E-state index contributed by atoms with van der Waals surface area (Å²) in [6.45, 7) is 2.86. The molecular formula is C13H15N3OS. The second kappa shape index (κ2) is 6.26. The van der Waals surface area contributed by atoms with Crippen molar-refractivity contribution in [2.75, 3.05) is 19.0 Å². The third-order valence-electron chi connectivity index (χ3n) is 2.25. The standard InChI is InChI=1S/C13H15N3OS/c1-3-15-12-8-14-9-13(16-12)18-11-7-5-4-6-10(11)17-2/h4-9H,3H2,1-2H3,(H,15,16). The van der Waals surface area contributed by atoms with E-state index in [2.05, 4.69) is 15.3 Å². The number of hydrogen-bond donors (Lipinski definition) is 1. The molecule has 0 fully saturated rings. The highest BCUT2D eigenvalue weighted by Gasteiger charge is 2.06. The van der Waals surface area contributed by atoms with Gasteiger partial charge in [-0.05, 0) is 19.1 Å². The molecule has 0 atom stereocenters. The van der Waals surface area contributed by atoms with E-state index in [1.165, 1.54) is 0 Å². The maximum Gasteiger partial charge on any atom is 0.145 e. The van der Waals surface area contributed by atoms with Crippen molar-refractivity contribution in [2.24, 2.45) is 0 Å². The number of nitrogens with zero attached hydrogens (tertiary/aromatic N) is 2. The SMILES string of the molecule is CCNc1cncc(Sc2ccccc2OC)n1. The molecule has 0 unspecified atom stereocenters. The molecule has 1 aromatic heterocycles. The van der Waals surface area contributed by atoms with Gasteiger partial charge in [0.1, 0.15) is 16.6 Å². The van der Waals surface area contributed by atoms with Crippen molar-refractivity contribution < 1.29 is 4.74 Å². The summed E-state index contributed by atoms with van der Waals surface area (Å²) in [5, 5.41) is 3.99. The lowest BCUT2D eigenvalue weighted by Crippen LogP contribution is -2.00. The molecule has 18 heavy (non-hydrogen) atoms. The summed E-state index contributed by atoms with van der Waals surface area (Å²) >= 11 is 1.54. The van der Waals surface area contributed by atoms with Crippen LogP contribution >= 0.6 is 11.8 Å². The fourth-order valence-electron chi connectivity index (χ4n) is 1.48. The zero-order valence-electron chi connectivity index (χ0n) is 10.4. The monoisotopic (exact) mass is 261 g/mol. The number of anilines is 1. The second-order valence-corrected chi connectivity index (χ2v) is 4.59. The molecule has 0 bridgehead atoms. The Bertz CT molecular complexity index is 519. The van der Waals surface area contributed by atoms with Gasteiger partial charge in [0.25, 0.3) is 0 Å². The van der Waals surface area contributed by atoms with Gasteiger partial charge in [0, 0.05) is 6.54 Å². The molecule has 1 aromatic carbocycles. The number of rotatable bonds is 5. The maximum atomic E-state index is 5.31. The van der Waals surface area contributed by atoms with Gasteiger partial charge in [0.05, 0.1) is 24.4 Å². The van der Waals surface area contributed by atoms with Gasteiger partial charge in [-0.3, -0.25) is 4.98 Å². The Labute approximate surface area is 111 Å². The van der Waals surface area contributed by atoms with Crippen molar-refractivity contribution in [3.05, 3.63) is 36.7 Å². The van der Waals surface area contributed by atoms with E-state index >= 15 is 0 Å². The van der Waals surface area contributed by atoms with Crippen LogP contribution in [0.15, 0.2) is 46.6 Å². The molecule has 1 N–H and O–H groups in total. The van der Waals surface area contributed by atoms with E-state index < -0.39 is 0 Å². The van der Waals surface area contributed by atoms with Crippen LogP contribution in [0.5, 0.6) is 5.75 Å². The van der Waals surface area contributed by atoms with Gasteiger partial charge < -0.3 is 10.1 Å². The van der Waals surface area contributed by atoms with Crippen LogP contribution in [-0.2, 0) is 0 Å². The highest BCUT2D eigenvalue weighted by Crippen LogP contribution is 2.33. The van der Waals surface area contributed by atoms with Crippen LogP contribution in [0, 0.1) is 0 Å². The van der Waals surface area contributed by atoms with E-state index in [1.54, 1.807) is 31.3 Å². The third-order valence-corrected chi connectivity index (χ3v) is 3.22. The first kappa shape index (κ1) is 12.7. The maximum absolute atomic E-state index is 5.31. The lowest BCUT2D eigenvalue weighted by atomic mass is 10.3. The van der Waals surface area contributed by atoms with E-state index in [4.69, 9.17) is 4.74 Å². The van der Waals surface area contributed by atoms with Crippen molar-refractivity contribution >= 4 is 17.6 Å². The van der Waals surface area contributed by atoms with Crippen LogP contribution in [0.2, 0.25) is 0 Å². The van der Waals surface area contributed by atoms with Crippen molar-refractivity contribution in [1.29, 1.82) is 0 Å². The fourth-order valence-corrected chi connectivity index (χ4v) is 2.36. The summed E-state index contributed by atoms with van der Waals surface area (Å²) in [5.74, 6) is 1.63. The molecule has 0 saturated carbocycles. The molecule has 0 saturated heterocycles. The van der Waals surface area contributed by atoms with Crippen LogP contribution in [0.4, 0.5) is 5.82 Å². The number of benzene rings is 1. The van der Waals surface area contributed by atoms with Gasteiger partial charge >= 0.3 is 0 Å². The molecule has 2 rings (SSSR count). The molecule has 0 aliphatic heterocycles. The zero-order chi connectivity index (χ0) is 12.8. The molecule has 94 valence electrons. The van der Waals surface area contributed by atoms with E-state index in [0.717, 1.165) is 28.0 Å². The van der Waals surface area contributed by atoms with Crippen LogP contribution in [0.25, 0.3) is 0 Å². The van der Waals surface area contributed by atoms with Gasteiger partial charge in [-0.15, -0.1) is 0 Å². The number of ether oxygens (including phenoxy) is 1. The Morgan fingerprint density at radius 2 is 2.11 bits per heavy atom. The summed E-state index contributed by atoms with van der Waals surface area (Å²) in [5.41, 5.74) is 0. The molecule has 0 radical (unpaired) electrons. The van der Waals surface area contributed by atoms with Crippen molar-refractivity contribution in [3.8, 4) is 5.75 Å². The Morgan fingerprint density at radius 1 is 1.28 bits per heavy atom. The highest BCUT2D eigenvalue weighted by molar-refractivity contribution is 7.99. The quantitative estimate of drug-likeness (QED) is 0.896. The number of methoxy groups -OCH3 is 1. The molecule has 5 heteroatoms. The van der Waals surface area contributed by atoms with E-state index in [9.17, 15) is 0 Å². The minimum Gasteiger partial charge on any atom is -0.496 e. The smallest absolute Gasteiger partial charge is 0.145 e. The predicted molar refractivity (Wildman–Crippen MR) is 73.3 cm³/mol. The second-order valence-electron chi connectivity index (χ2n) is 3.53. The van der Waals surface area contributed by atoms with E-state index in [1.807, 2.05) is 31.2 Å². The summed E-state index contributed by atoms with van der Waals surface area (Å²) in [6, 6.07) is 7.87. The number of nitrogens with one attached hydrogen (secondary N) is 1. The Morgan fingerprint density at radius 3 is 2.89 bits per heavy atom. The lowest BCUT2D eigenvalue weighted by Gasteiger charge is -2.08. The first-order chi connectivity index (χ1) is 8.83. The van der Waals surface area contributed by atoms with Crippen molar-refractivity contribution in [3.63, 3.8) is 0 Å². The van der Waals surface area contributed by atoms with E-state index in [0.29, 0.717) is 0 Å². The summed E-state index contributed by atoms with van der Waals surface area (Å²) in [7, 11) is 1.67.